The van der Waals surface area contributed by atoms with Crippen LogP contribution in [-0.2, 0) is 20.5 Å². The van der Waals surface area contributed by atoms with E-state index in [0.717, 1.165) is 18.9 Å². The van der Waals surface area contributed by atoms with E-state index in [9.17, 15) is 28.0 Å². The highest BCUT2D eigenvalue weighted by Crippen LogP contribution is 2.32. The zero-order valence-corrected chi connectivity index (χ0v) is 17.6. The second kappa shape index (κ2) is 10.3. The number of aromatic nitrogens is 2. The molecule has 2 amide bonds. The van der Waals surface area contributed by atoms with Crippen LogP contribution in [-0.4, -0.2) is 64.9 Å². The molecule has 1 aromatic heterocycles. The number of nitrogens with one attached hydrogen (secondary N) is 2. The van der Waals surface area contributed by atoms with Crippen LogP contribution in [0.25, 0.3) is 0 Å². The van der Waals surface area contributed by atoms with Gasteiger partial charge in [-0.25, -0.2) is 10.0 Å². The van der Waals surface area contributed by atoms with Crippen molar-refractivity contribution in [2.45, 2.75) is 44.8 Å². The minimum absolute atomic E-state index is 0.0434. The fourth-order valence-electron chi connectivity index (χ4n) is 4.00. The Kier molecular flexibility index (Phi) is 7.72. The Balaban J connectivity index is 1.76. The van der Waals surface area contributed by atoms with Crippen LogP contribution < -0.4 is 15.8 Å². The number of hydrogen-bond acceptors (Lipinski definition) is 8. The van der Waals surface area contributed by atoms with Crippen LogP contribution in [0, 0.1) is 11.8 Å². The molecule has 3 rings (SSSR count). The number of morpholine rings is 1. The van der Waals surface area contributed by atoms with Crippen LogP contribution in [0.1, 0.15) is 38.3 Å². The van der Waals surface area contributed by atoms with Crippen molar-refractivity contribution in [2.24, 2.45) is 11.8 Å². The average molecular weight is 460 g/mol. The SMILES string of the molecule is CC1CCC(C(C(=O)NNc2nc(N3CCOCC3)cc(C(F)(F)F)n2)N(O)C=O)CC1. The van der Waals surface area contributed by atoms with Crippen LogP contribution in [0.2, 0.25) is 0 Å². The van der Waals surface area contributed by atoms with Crippen molar-refractivity contribution in [3.63, 3.8) is 0 Å². The Morgan fingerprint density at radius 3 is 2.53 bits per heavy atom. The number of ether oxygens (including phenoxy) is 1. The average Bonchev–Trinajstić information content (AvgIpc) is 2.78. The lowest BCUT2D eigenvalue weighted by Gasteiger charge is -2.34. The van der Waals surface area contributed by atoms with Gasteiger partial charge in [-0.15, -0.1) is 0 Å². The van der Waals surface area contributed by atoms with Crippen LogP contribution in [0.5, 0.6) is 0 Å². The van der Waals surface area contributed by atoms with E-state index in [2.05, 4.69) is 27.7 Å². The number of hydroxylamine groups is 2. The van der Waals surface area contributed by atoms with Gasteiger partial charge in [0, 0.05) is 19.2 Å². The molecule has 0 radical (unpaired) electrons. The van der Waals surface area contributed by atoms with Gasteiger partial charge in [0.25, 0.3) is 5.91 Å². The monoisotopic (exact) mass is 460 g/mol. The Morgan fingerprint density at radius 1 is 1.28 bits per heavy atom. The summed E-state index contributed by atoms with van der Waals surface area (Å²) in [6.07, 6.45) is -1.63. The van der Waals surface area contributed by atoms with Gasteiger partial charge in [0.05, 0.1) is 13.2 Å². The topological polar surface area (TPSA) is 120 Å². The first-order valence-electron chi connectivity index (χ1n) is 10.5. The van der Waals surface area contributed by atoms with Crippen molar-refractivity contribution in [3.05, 3.63) is 11.8 Å². The fraction of sp³-hybridized carbons (Fsp3) is 0.684. The smallest absolute Gasteiger partial charge is 0.378 e. The number of carbonyl (C=O) groups excluding carboxylic acids is 2. The number of amides is 2. The molecule has 1 atom stereocenters. The van der Waals surface area contributed by atoms with E-state index in [1.807, 2.05) is 0 Å². The van der Waals surface area contributed by atoms with E-state index in [4.69, 9.17) is 4.74 Å². The maximum Gasteiger partial charge on any atom is 0.433 e. The second-order valence-corrected chi connectivity index (χ2v) is 8.10. The summed E-state index contributed by atoms with van der Waals surface area (Å²) in [7, 11) is 0. The Morgan fingerprint density at radius 2 is 1.94 bits per heavy atom. The molecule has 1 aliphatic heterocycles. The molecule has 1 aromatic rings. The molecule has 2 heterocycles. The van der Waals surface area contributed by atoms with Crippen molar-refractivity contribution in [1.82, 2.24) is 20.5 Å². The molecule has 0 bridgehead atoms. The van der Waals surface area contributed by atoms with Crippen molar-refractivity contribution < 1.29 is 32.7 Å². The van der Waals surface area contributed by atoms with Gasteiger partial charge in [0.2, 0.25) is 12.4 Å². The van der Waals surface area contributed by atoms with Crippen LogP contribution >= 0.6 is 0 Å². The summed E-state index contributed by atoms with van der Waals surface area (Å²) < 4.78 is 45.2. The van der Waals surface area contributed by atoms with Crippen molar-refractivity contribution in [3.8, 4) is 0 Å². The molecular weight excluding hydrogens is 433 g/mol. The Hall–Kier alpha value is -2.67. The summed E-state index contributed by atoms with van der Waals surface area (Å²) in [6, 6.07) is -0.344. The van der Waals surface area contributed by atoms with Crippen LogP contribution in [0.15, 0.2) is 6.07 Å². The summed E-state index contributed by atoms with van der Waals surface area (Å²) in [5.41, 5.74) is 3.39. The molecule has 1 saturated heterocycles. The van der Waals surface area contributed by atoms with Gasteiger partial charge >= 0.3 is 6.18 Å². The Labute approximate surface area is 183 Å². The minimum atomic E-state index is -4.72. The molecule has 13 heteroatoms. The van der Waals surface area contributed by atoms with Gasteiger partial charge in [0.1, 0.15) is 11.9 Å². The number of rotatable bonds is 7. The highest BCUT2D eigenvalue weighted by atomic mass is 19.4. The standard InChI is InChI=1S/C19H27F3N6O4/c1-12-2-4-13(5-3-12)16(28(31)11-29)17(30)25-26-18-23-14(19(20,21)22)10-15(24-18)27-6-8-32-9-7-27/h10-13,16,31H,2-9H2,1H3,(H,25,30)(H,23,24,26). The molecule has 1 aliphatic carbocycles. The predicted molar refractivity (Wildman–Crippen MR) is 106 cm³/mol. The summed E-state index contributed by atoms with van der Waals surface area (Å²) in [5, 5.41) is 10.2. The lowest BCUT2D eigenvalue weighted by Crippen LogP contribution is -2.51. The van der Waals surface area contributed by atoms with E-state index in [0.29, 0.717) is 50.1 Å². The molecule has 178 valence electrons. The normalized spacial score (nSPS) is 22.7. The molecule has 1 unspecified atom stereocenters. The van der Waals surface area contributed by atoms with E-state index < -0.39 is 29.8 Å². The number of alkyl halides is 3. The summed E-state index contributed by atoms with van der Waals surface area (Å²) in [4.78, 5) is 33.0. The first-order valence-corrected chi connectivity index (χ1v) is 10.5. The summed E-state index contributed by atoms with van der Waals surface area (Å²) in [6.45, 7) is 3.51. The zero-order valence-electron chi connectivity index (χ0n) is 17.6. The van der Waals surface area contributed by atoms with Gasteiger partial charge in [-0.05, 0) is 24.7 Å². The maximum absolute atomic E-state index is 13.3. The van der Waals surface area contributed by atoms with E-state index >= 15 is 0 Å². The maximum atomic E-state index is 13.3. The van der Waals surface area contributed by atoms with Crippen molar-refractivity contribution in [1.29, 1.82) is 0 Å². The number of hydrazine groups is 1. The highest BCUT2D eigenvalue weighted by Gasteiger charge is 2.36. The summed E-state index contributed by atoms with van der Waals surface area (Å²) >= 11 is 0. The van der Waals surface area contributed by atoms with E-state index in [1.165, 1.54) is 0 Å². The molecule has 2 fully saturated rings. The van der Waals surface area contributed by atoms with Gasteiger partial charge in [-0.2, -0.15) is 18.2 Å². The molecular formula is C19H27F3N6O4. The van der Waals surface area contributed by atoms with E-state index in [-0.39, 0.29) is 18.1 Å². The number of halogens is 3. The quantitative estimate of drug-likeness (QED) is 0.320. The number of hydrogen-bond donors (Lipinski definition) is 3. The Bertz CT molecular complexity index is 798. The molecule has 0 aromatic carbocycles. The van der Waals surface area contributed by atoms with E-state index in [1.54, 1.807) is 4.90 Å². The van der Waals surface area contributed by atoms with Crippen molar-refractivity contribution >= 4 is 24.1 Å². The third-order valence-electron chi connectivity index (χ3n) is 5.80. The zero-order chi connectivity index (χ0) is 23.3. The predicted octanol–water partition coefficient (Wildman–Crippen LogP) is 1.82. The highest BCUT2D eigenvalue weighted by molar-refractivity contribution is 5.84. The van der Waals surface area contributed by atoms with Gasteiger partial charge < -0.3 is 9.64 Å². The molecule has 0 spiro atoms. The molecule has 10 nitrogen and oxygen atoms in total. The summed E-state index contributed by atoms with van der Waals surface area (Å²) in [5.74, 6) is -0.987. The van der Waals surface area contributed by atoms with Crippen molar-refractivity contribution in [2.75, 3.05) is 36.6 Å². The third-order valence-corrected chi connectivity index (χ3v) is 5.80. The number of nitrogens with zero attached hydrogens (tertiary/aromatic N) is 4. The molecule has 3 N–H and O–H groups in total. The second-order valence-electron chi connectivity index (χ2n) is 8.10. The first-order chi connectivity index (χ1) is 15.2. The fourth-order valence-corrected chi connectivity index (χ4v) is 4.00. The molecule has 1 saturated carbocycles. The first kappa shape index (κ1) is 24.0. The minimum Gasteiger partial charge on any atom is -0.378 e. The molecule has 32 heavy (non-hydrogen) atoms. The molecule has 2 aliphatic rings. The lowest BCUT2D eigenvalue weighted by atomic mass is 9.79. The lowest BCUT2D eigenvalue weighted by molar-refractivity contribution is -0.173. The van der Waals surface area contributed by atoms with Gasteiger partial charge in [-0.1, -0.05) is 19.8 Å². The number of anilines is 2. The number of carbonyl (C=O) groups is 2. The van der Waals surface area contributed by atoms with Crippen LogP contribution in [0.3, 0.4) is 0 Å². The van der Waals surface area contributed by atoms with Crippen LogP contribution in [0.4, 0.5) is 24.9 Å². The van der Waals surface area contributed by atoms with Gasteiger partial charge in [-0.3, -0.25) is 25.6 Å². The third kappa shape index (κ3) is 5.97. The largest absolute Gasteiger partial charge is 0.433 e. The van der Waals surface area contributed by atoms with Gasteiger partial charge in [0.15, 0.2) is 5.69 Å².